The minimum atomic E-state index is -4.22. The van der Waals surface area contributed by atoms with Crippen LogP contribution in [0.15, 0.2) is 30.3 Å². The highest BCUT2D eigenvalue weighted by Crippen LogP contribution is 2.58. The van der Waals surface area contributed by atoms with Gasteiger partial charge in [0.05, 0.1) is 25.5 Å². The molecule has 2 aliphatic heterocycles. The van der Waals surface area contributed by atoms with Crippen LogP contribution < -0.4 is 10.6 Å². The lowest BCUT2D eigenvalue weighted by molar-refractivity contribution is -0.143. The summed E-state index contributed by atoms with van der Waals surface area (Å²) >= 11 is 0. The minimum Gasteiger partial charge on any atom is -0.394 e. The van der Waals surface area contributed by atoms with Crippen LogP contribution in [0.1, 0.15) is 37.4 Å². The number of halogens is 3. The highest BCUT2D eigenvalue weighted by Gasteiger charge is 2.60. The number of aryl methyl sites for hydroxylation is 1. The molecule has 2 amide bonds. The first-order valence-corrected chi connectivity index (χ1v) is 12.8. The van der Waals surface area contributed by atoms with E-state index in [0.29, 0.717) is 37.0 Å². The predicted octanol–water partition coefficient (Wildman–Crippen LogP) is 4.94. The largest absolute Gasteiger partial charge is 0.394 e. The number of fused-ring (bicyclic) bond motifs is 1. The summed E-state index contributed by atoms with van der Waals surface area (Å²) in [6.45, 7) is 5.63. The first-order valence-electron chi connectivity index (χ1n) is 12.8. The van der Waals surface area contributed by atoms with Gasteiger partial charge in [-0.3, -0.25) is 0 Å². The van der Waals surface area contributed by atoms with Crippen LogP contribution >= 0.6 is 0 Å². The molecule has 4 atom stereocenters. The summed E-state index contributed by atoms with van der Waals surface area (Å²) in [6, 6.07) is 9.07. The molecule has 1 aromatic carbocycles. The molecular formula is C27H33F3N4O3. The van der Waals surface area contributed by atoms with Crippen molar-refractivity contribution in [3.05, 3.63) is 41.6 Å². The molecule has 3 heterocycles. The van der Waals surface area contributed by atoms with Crippen LogP contribution in [0.2, 0.25) is 0 Å². The smallest absolute Gasteiger partial charge is 0.389 e. The Morgan fingerprint density at radius 1 is 1.32 bits per heavy atom. The van der Waals surface area contributed by atoms with Gasteiger partial charge >= 0.3 is 12.2 Å². The van der Waals surface area contributed by atoms with Crippen LogP contribution in [0.25, 0.3) is 11.1 Å². The van der Waals surface area contributed by atoms with Gasteiger partial charge in [0.2, 0.25) is 0 Å². The van der Waals surface area contributed by atoms with Crippen molar-refractivity contribution >= 4 is 17.5 Å². The molecule has 7 nitrogen and oxygen atoms in total. The van der Waals surface area contributed by atoms with E-state index in [2.05, 4.69) is 16.7 Å². The number of urea groups is 1. The number of hydrogen-bond donors (Lipinski definition) is 3. The molecule has 10 heteroatoms. The molecule has 2 aromatic rings. The van der Waals surface area contributed by atoms with E-state index in [1.807, 2.05) is 32.0 Å². The second-order valence-corrected chi connectivity index (χ2v) is 10.8. The molecule has 0 spiro atoms. The molecule has 0 radical (unpaired) electrons. The van der Waals surface area contributed by atoms with Gasteiger partial charge < -0.3 is 25.4 Å². The molecule has 1 aliphatic carbocycles. The third-order valence-corrected chi connectivity index (χ3v) is 7.81. The lowest BCUT2D eigenvalue weighted by Gasteiger charge is -2.20. The van der Waals surface area contributed by atoms with E-state index in [9.17, 15) is 23.1 Å². The van der Waals surface area contributed by atoms with E-state index in [1.165, 1.54) is 4.90 Å². The minimum absolute atomic E-state index is 0.0288. The lowest BCUT2D eigenvalue weighted by Crippen LogP contribution is -2.33. The van der Waals surface area contributed by atoms with Gasteiger partial charge in [-0.25, -0.2) is 9.78 Å². The molecule has 3 fully saturated rings. The van der Waals surface area contributed by atoms with Gasteiger partial charge in [0.25, 0.3) is 0 Å². The summed E-state index contributed by atoms with van der Waals surface area (Å²) in [6.07, 6.45) is -3.70. The summed E-state index contributed by atoms with van der Waals surface area (Å²) in [5.74, 6) is 0.571. The van der Waals surface area contributed by atoms with Crippen LogP contribution in [0.4, 0.5) is 29.5 Å². The van der Waals surface area contributed by atoms with Gasteiger partial charge in [-0.05, 0) is 79.5 Å². The third kappa shape index (κ3) is 5.55. The van der Waals surface area contributed by atoms with Gasteiger partial charge in [0.1, 0.15) is 5.82 Å². The van der Waals surface area contributed by atoms with Crippen molar-refractivity contribution in [2.24, 2.45) is 11.8 Å². The normalized spacial score (nSPS) is 25.6. The highest BCUT2D eigenvalue weighted by atomic mass is 19.4. The van der Waals surface area contributed by atoms with Crippen molar-refractivity contribution in [1.29, 1.82) is 0 Å². The average molecular weight is 519 g/mol. The SMILES string of the molecule is Cc1ccc(NC(=O)N2CC[C@@H](CC(F)(F)F)C2)cc1-c1cc(N[C@H](C)CO)nc([C@@]23COC[C@@H]2C3)c1. The quantitative estimate of drug-likeness (QED) is 0.483. The zero-order chi connectivity index (χ0) is 26.4. The Balaban J connectivity index is 1.38. The van der Waals surface area contributed by atoms with E-state index in [1.54, 1.807) is 6.07 Å². The number of ether oxygens (including phenoxy) is 1. The molecule has 1 aromatic heterocycles. The van der Waals surface area contributed by atoms with E-state index in [4.69, 9.17) is 9.72 Å². The number of rotatable bonds is 7. The Bertz CT molecular complexity index is 1170. The second-order valence-electron chi connectivity index (χ2n) is 10.8. The predicted molar refractivity (Wildman–Crippen MR) is 135 cm³/mol. The zero-order valence-electron chi connectivity index (χ0n) is 21.1. The van der Waals surface area contributed by atoms with Gasteiger partial charge in [-0.2, -0.15) is 13.2 Å². The standard InChI is InChI=1S/C27H33F3N4O3/c1-16-3-4-21(32-25(36)34-6-5-18(12-34)10-27(28,29)30)9-22(16)19-7-23(26-11-20(26)14-37-15-26)33-24(8-19)31-17(2)13-35/h3-4,7-9,17-18,20,35H,5-6,10-15H2,1-2H3,(H,31,33)(H,32,36)/t17-,18+,20+,26+/m1/s1. The fraction of sp³-hybridized carbons (Fsp3) is 0.556. The van der Waals surface area contributed by atoms with Gasteiger partial charge in [0, 0.05) is 36.7 Å². The van der Waals surface area contributed by atoms with E-state index < -0.39 is 24.5 Å². The molecule has 0 bridgehead atoms. The zero-order valence-corrected chi connectivity index (χ0v) is 21.1. The summed E-state index contributed by atoms with van der Waals surface area (Å²) in [5.41, 5.74) is 4.33. The number of hydrogen-bond acceptors (Lipinski definition) is 5. The summed E-state index contributed by atoms with van der Waals surface area (Å²) in [7, 11) is 0. The molecule has 3 aliphatic rings. The third-order valence-electron chi connectivity index (χ3n) is 7.81. The Kier molecular flexibility index (Phi) is 6.83. The van der Waals surface area contributed by atoms with Crippen LogP contribution in [-0.2, 0) is 10.2 Å². The average Bonchev–Trinajstić information content (AvgIpc) is 3.14. The summed E-state index contributed by atoms with van der Waals surface area (Å²) < 4.78 is 44.0. The van der Waals surface area contributed by atoms with Crippen molar-refractivity contribution in [1.82, 2.24) is 9.88 Å². The number of likely N-dealkylation sites (tertiary alicyclic amines) is 1. The topological polar surface area (TPSA) is 86.7 Å². The number of nitrogens with one attached hydrogen (secondary N) is 2. The van der Waals surface area contributed by atoms with Gasteiger partial charge in [0.15, 0.2) is 0 Å². The molecule has 1 saturated carbocycles. The Hall–Kier alpha value is -2.85. The fourth-order valence-corrected chi connectivity index (χ4v) is 5.58. The number of anilines is 2. The number of nitrogens with zero attached hydrogens (tertiary/aromatic N) is 2. The maximum atomic E-state index is 12.8. The number of aliphatic hydroxyl groups excluding tert-OH is 1. The van der Waals surface area contributed by atoms with Crippen LogP contribution in [0.5, 0.6) is 0 Å². The molecular weight excluding hydrogens is 485 g/mol. The first kappa shape index (κ1) is 25.8. The van der Waals surface area contributed by atoms with Crippen molar-refractivity contribution < 1.29 is 27.8 Å². The first-order chi connectivity index (χ1) is 17.6. The van der Waals surface area contributed by atoms with Crippen molar-refractivity contribution in [2.45, 2.75) is 50.7 Å². The van der Waals surface area contributed by atoms with Crippen molar-refractivity contribution in [3.63, 3.8) is 0 Å². The Morgan fingerprint density at radius 2 is 2.14 bits per heavy atom. The number of amides is 2. The van der Waals surface area contributed by atoms with Crippen LogP contribution in [0, 0.1) is 18.8 Å². The Labute approximate surface area is 214 Å². The van der Waals surface area contributed by atoms with Gasteiger partial charge in [-0.15, -0.1) is 0 Å². The second kappa shape index (κ2) is 9.79. The fourth-order valence-electron chi connectivity index (χ4n) is 5.58. The van der Waals surface area contributed by atoms with Crippen molar-refractivity contribution in [2.75, 3.05) is 43.5 Å². The number of aromatic nitrogens is 1. The number of aliphatic hydroxyl groups is 1. The number of pyridine rings is 1. The molecule has 200 valence electrons. The summed E-state index contributed by atoms with van der Waals surface area (Å²) in [4.78, 5) is 19.1. The molecule has 3 N–H and O–H groups in total. The van der Waals surface area contributed by atoms with E-state index in [0.717, 1.165) is 35.4 Å². The number of carbonyl (C=O) groups is 1. The van der Waals surface area contributed by atoms with Crippen molar-refractivity contribution in [3.8, 4) is 11.1 Å². The van der Waals surface area contributed by atoms with Crippen LogP contribution in [-0.4, -0.2) is 66.1 Å². The highest BCUT2D eigenvalue weighted by molar-refractivity contribution is 5.90. The van der Waals surface area contributed by atoms with Gasteiger partial charge in [-0.1, -0.05) is 6.07 Å². The van der Waals surface area contributed by atoms with E-state index in [-0.39, 0.29) is 24.6 Å². The lowest BCUT2D eigenvalue weighted by atomic mass is 9.95. The number of alkyl halides is 3. The number of benzene rings is 1. The molecule has 2 saturated heterocycles. The molecule has 37 heavy (non-hydrogen) atoms. The monoisotopic (exact) mass is 518 g/mol. The molecule has 5 rings (SSSR count). The van der Waals surface area contributed by atoms with E-state index >= 15 is 0 Å². The Morgan fingerprint density at radius 3 is 2.81 bits per heavy atom. The summed E-state index contributed by atoms with van der Waals surface area (Å²) in [5, 5.41) is 15.7. The number of carbonyl (C=O) groups excluding carboxylic acids is 1. The maximum absolute atomic E-state index is 12.8. The van der Waals surface area contributed by atoms with Crippen LogP contribution in [0.3, 0.4) is 0 Å². The maximum Gasteiger partial charge on any atom is 0.389 e. The molecule has 0 unspecified atom stereocenters.